The molecular formula is C24H27Cl2N3O3. The fourth-order valence-corrected chi connectivity index (χ4v) is 4.05. The molecule has 0 saturated carbocycles. The van der Waals surface area contributed by atoms with E-state index in [0.29, 0.717) is 24.5 Å². The maximum atomic E-state index is 12.2. The third kappa shape index (κ3) is 5.61. The van der Waals surface area contributed by atoms with E-state index in [0.717, 1.165) is 28.2 Å². The molecule has 3 rings (SSSR count). The molecule has 170 valence electrons. The fourth-order valence-electron chi connectivity index (χ4n) is 3.42. The highest BCUT2D eigenvalue weighted by Crippen LogP contribution is 2.30. The number of carbonyl (C=O) groups is 1. The Hall–Kier alpha value is -2.57. The Morgan fingerprint density at radius 1 is 1.25 bits per heavy atom. The molecule has 2 aromatic rings. The largest absolute Gasteiger partial charge is 0.468 e. The highest BCUT2D eigenvalue weighted by molar-refractivity contribution is 6.31. The molecule has 1 aliphatic carbocycles. The maximum absolute atomic E-state index is 12.2. The summed E-state index contributed by atoms with van der Waals surface area (Å²) in [5.41, 5.74) is 2.64. The van der Waals surface area contributed by atoms with Crippen LogP contribution in [-0.4, -0.2) is 42.1 Å². The first-order chi connectivity index (χ1) is 15.2. The molecule has 1 unspecified atom stereocenters. The van der Waals surface area contributed by atoms with Crippen LogP contribution in [-0.2, 0) is 14.9 Å². The summed E-state index contributed by atoms with van der Waals surface area (Å²) in [6.45, 7) is 4.30. The molecule has 1 aromatic heterocycles. The number of hydrogen-bond donors (Lipinski definition) is 1. The van der Waals surface area contributed by atoms with Gasteiger partial charge in [0.15, 0.2) is 0 Å². The van der Waals surface area contributed by atoms with Crippen molar-refractivity contribution >= 4 is 35.0 Å². The lowest BCUT2D eigenvalue weighted by Gasteiger charge is -2.22. The zero-order valence-electron chi connectivity index (χ0n) is 18.6. The molecule has 32 heavy (non-hydrogen) atoms. The van der Waals surface area contributed by atoms with Gasteiger partial charge in [0.25, 0.3) is 0 Å². The van der Waals surface area contributed by atoms with Crippen LogP contribution in [0.5, 0.6) is 6.01 Å². The highest BCUT2D eigenvalue weighted by atomic mass is 35.5. The second-order valence-electron chi connectivity index (χ2n) is 8.01. The molecule has 1 aliphatic rings. The number of methoxy groups -OCH3 is 2. The minimum atomic E-state index is -0.786. The number of ether oxygens (including phenoxy) is 2. The van der Waals surface area contributed by atoms with Gasteiger partial charge in [-0.15, -0.1) is 11.6 Å². The summed E-state index contributed by atoms with van der Waals surface area (Å²) < 4.78 is 10.3. The average molecular weight is 476 g/mol. The van der Waals surface area contributed by atoms with Gasteiger partial charge in [0, 0.05) is 29.6 Å². The number of benzene rings is 1. The summed E-state index contributed by atoms with van der Waals surface area (Å²) in [5.74, 6) is 0.332. The third-order valence-corrected chi connectivity index (χ3v) is 6.09. The fraction of sp³-hybridized carbons (Fsp3) is 0.375. The number of esters is 1. The van der Waals surface area contributed by atoms with E-state index < -0.39 is 5.41 Å². The number of alkyl halides is 1. The zero-order valence-corrected chi connectivity index (χ0v) is 20.1. The number of anilines is 1. The average Bonchev–Trinajstić information content (AvgIpc) is 2.79. The van der Waals surface area contributed by atoms with Crippen LogP contribution in [0, 0.1) is 0 Å². The summed E-state index contributed by atoms with van der Waals surface area (Å²) >= 11 is 12.4. The summed E-state index contributed by atoms with van der Waals surface area (Å²) in [6, 6.07) is 9.77. The molecule has 0 amide bonds. The van der Waals surface area contributed by atoms with Crippen LogP contribution in [0.15, 0.2) is 53.1 Å². The van der Waals surface area contributed by atoms with Gasteiger partial charge >= 0.3 is 12.0 Å². The Labute approximate surface area is 198 Å². The van der Waals surface area contributed by atoms with E-state index >= 15 is 0 Å². The number of rotatable bonds is 8. The molecule has 1 aromatic carbocycles. The monoisotopic (exact) mass is 475 g/mol. The topological polar surface area (TPSA) is 73.3 Å². The second-order valence-corrected chi connectivity index (χ2v) is 9.03. The predicted molar refractivity (Wildman–Crippen MR) is 128 cm³/mol. The molecule has 1 atom stereocenters. The summed E-state index contributed by atoms with van der Waals surface area (Å²) in [6.07, 6.45) is 5.32. The van der Waals surface area contributed by atoms with Crippen LogP contribution >= 0.6 is 23.2 Å². The molecular weight excluding hydrogens is 449 g/mol. The minimum Gasteiger partial charge on any atom is -0.468 e. The quantitative estimate of drug-likeness (QED) is 0.403. The van der Waals surface area contributed by atoms with Crippen LogP contribution in [0.2, 0.25) is 0 Å². The first-order valence-electron chi connectivity index (χ1n) is 10.3. The molecule has 8 heteroatoms. The minimum absolute atomic E-state index is 0.0483. The Morgan fingerprint density at radius 2 is 2.03 bits per heavy atom. The maximum Gasteiger partial charge on any atom is 0.318 e. The number of allylic oxidation sites excluding steroid dienone is 3. The third-order valence-electron chi connectivity index (χ3n) is 5.39. The van der Waals surface area contributed by atoms with E-state index in [-0.39, 0.29) is 17.4 Å². The van der Waals surface area contributed by atoms with Crippen LogP contribution in [0.4, 0.5) is 5.82 Å². The first-order valence-corrected chi connectivity index (χ1v) is 11.1. The van der Waals surface area contributed by atoms with Gasteiger partial charge in [-0.25, -0.2) is 0 Å². The van der Waals surface area contributed by atoms with E-state index in [1.54, 1.807) is 0 Å². The highest BCUT2D eigenvalue weighted by Gasteiger charge is 2.31. The number of hydrogen-bond acceptors (Lipinski definition) is 6. The van der Waals surface area contributed by atoms with E-state index in [4.69, 9.17) is 32.7 Å². The van der Waals surface area contributed by atoms with E-state index in [2.05, 4.69) is 15.3 Å². The van der Waals surface area contributed by atoms with E-state index in [9.17, 15) is 4.79 Å². The van der Waals surface area contributed by atoms with Crippen molar-refractivity contribution in [2.75, 3.05) is 26.1 Å². The lowest BCUT2D eigenvalue weighted by Crippen LogP contribution is -2.30. The Morgan fingerprint density at radius 3 is 2.72 bits per heavy atom. The summed E-state index contributed by atoms with van der Waals surface area (Å²) in [7, 11) is 2.92. The molecule has 1 heterocycles. The molecule has 0 fully saturated rings. The summed E-state index contributed by atoms with van der Waals surface area (Å²) in [4.78, 5) is 21.1. The standard InChI is InChI=1S/C24H27Cl2N3O3/c1-24(2,22(30)31-3)17-7-5-6-16(12-17)20-14-21(29-23(28-20)32-4)27-11-10-15-8-9-18(25)13-19(15)26/h5-9,12,14,18H,10-11,13H2,1-4H3,(H,27,28,29). The lowest BCUT2D eigenvalue weighted by atomic mass is 9.84. The molecule has 0 bridgehead atoms. The van der Waals surface area contributed by atoms with Crippen LogP contribution in [0.25, 0.3) is 11.3 Å². The number of halogens is 2. The molecule has 0 aliphatic heterocycles. The summed E-state index contributed by atoms with van der Waals surface area (Å²) in [5, 5.41) is 4.06. The van der Waals surface area contributed by atoms with E-state index in [1.165, 1.54) is 14.2 Å². The normalized spacial score (nSPS) is 16.1. The molecule has 0 spiro atoms. The van der Waals surface area contributed by atoms with Gasteiger partial charge in [-0.05, 0) is 37.5 Å². The van der Waals surface area contributed by atoms with E-state index in [1.807, 2.05) is 56.3 Å². The Bertz CT molecular complexity index is 1050. The Balaban J connectivity index is 1.81. The van der Waals surface area contributed by atoms with Gasteiger partial charge in [-0.3, -0.25) is 4.79 Å². The first kappa shape index (κ1) is 24.1. The van der Waals surface area contributed by atoms with Crippen molar-refractivity contribution in [3.05, 3.63) is 58.7 Å². The van der Waals surface area contributed by atoms with Gasteiger partial charge in [0.1, 0.15) is 5.82 Å². The number of carbonyl (C=O) groups excluding carboxylic acids is 1. The van der Waals surface area contributed by atoms with Crippen LogP contribution in [0.3, 0.4) is 0 Å². The van der Waals surface area contributed by atoms with Crippen LogP contribution < -0.4 is 10.1 Å². The van der Waals surface area contributed by atoms with Gasteiger partial charge in [0.2, 0.25) is 0 Å². The smallest absolute Gasteiger partial charge is 0.318 e. The van der Waals surface area contributed by atoms with Crippen molar-refractivity contribution in [1.29, 1.82) is 0 Å². The second kappa shape index (κ2) is 10.4. The molecule has 1 N–H and O–H groups in total. The van der Waals surface area contributed by atoms with Gasteiger partial charge in [-0.1, -0.05) is 42.0 Å². The van der Waals surface area contributed by atoms with Crippen molar-refractivity contribution in [3.8, 4) is 17.3 Å². The Kier molecular flexibility index (Phi) is 7.80. The van der Waals surface area contributed by atoms with Crippen molar-refractivity contribution < 1.29 is 14.3 Å². The molecule has 0 radical (unpaired) electrons. The van der Waals surface area contributed by atoms with Gasteiger partial charge in [0.05, 0.1) is 30.7 Å². The SMILES string of the molecule is COC(=O)C(C)(C)c1cccc(-c2cc(NCCC3=C(Cl)CC(Cl)C=C3)nc(OC)n2)c1. The number of aromatic nitrogens is 2. The number of nitrogens with one attached hydrogen (secondary N) is 1. The van der Waals surface area contributed by atoms with Gasteiger partial charge < -0.3 is 14.8 Å². The zero-order chi connectivity index (χ0) is 23.3. The number of nitrogens with zero attached hydrogens (tertiary/aromatic N) is 2. The van der Waals surface area contributed by atoms with Crippen molar-refractivity contribution in [1.82, 2.24) is 9.97 Å². The van der Waals surface area contributed by atoms with Gasteiger partial charge in [-0.2, -0.15) is 9.97 Å². The molecule has 0 saturated heterocycles. The van der Waals surface area contributed by atoms with Crippen molar-refractivity contribution in [3.63, 3.8) is 0 Å². The van der Waals surface area contributed by atoms with Crippen molar-refractivity contribution in [2.24, 2.45) is 0 Å². The molecule has 6 nitrogen and oxygen atoms in total. The lowest BCUT2D eigenvalue weighted by molar-refractivity contribution is -0.146. The van der Waals surface area contributed by atoms with Crippen molar-refractivity contribution in [2.45, 2.75) is 37.5 Å². The predicted octanol–water partition coefficient (Wildman–Crippen LogP) is 5.47. The van der Waals surface area contributed by atoms with Crippen LogP contribution in [0.1, 0.15) is 32.3 Å².